The smallest absolute Gasteiger partial charge is 0.339 e. The first kappa shape index (κ1) is 14.4. The Bertz CT molecular complexity index is 679. The van der Waals surface area contributed by atoms with Crippen LogP contribution in [-0.4, -0.2) is 22.1 Å². The molecule has 0 atom stereocenters. The number of hydrogen-bond donors (Lipinski definition) is 3. The highest BCUT2D eigenvalue weighted by Crippen LogP contribution is 2.27. The van der Waals surface area contributed by atoms with Crippen LogP contribution in [0.1, 0.15) is 17.3 Å². The molecule has 0 aromatic heterocycles. The number of rotatable bonds is 4. The number of phenols is 1. The molecule has 0 heterocycles. The Balaban J connectivity index is 2.16. The third-order valence-corrected chi connectivity index (χ3v) is 2.61. The fourth-order valence-electron chi connectivity index (χ4n) is 1.70. The van der Waals surface area contributed by atoms with Gasteiger partial charge in [0.25, 0.3) is 0 Å². The lowest BCUT2D eigenvalue weighted by atomic mass is 10.2. The van der Waals surface area contributed by atoms with E-state index in [0.717, 1.165) is 0 Å². The SMILES string of the molecule is CC(=O)Nc1ccc(Oc2ccc(O)c(C(=O)O)c2)cc1. The van der Waals surface area contributed by atoms with E-state index in [4.69, 9.17) is 9.84 Å². The van der Waals surface area contributed by atoms with E-state index in [1.807, 2.05) is 0 Å². The van der Waals surface area contributed by atoms with E-state index in [1.165, 1.54) is 25.1 Å². The predicted molar refractivity (Wildman–Crippen MR) is 75.9 cm³/mol. The lowest BCUT2D eigenvalue weighted by Crippen LogP contribution is -2.05. The van der Waals surface area contributed by atoms with Crippen molar-refractivity contribution in [3.05, 3.63) is 48.0 Å². The maximum absolute atomic E-state index is 10.9. The minimum Gasteiger partial charge on any atom is -0.507 e. The molecule has 108 valence electrons. The molecule has 6 nitrogen and oxygen atoms in total. The molecule has 0 radical (unpaired) electrons. The number of anilines is 1. The molecule has 0 aliphatic rings. The first-order valence-electron chi connectivity index (χ1n) is 6.07. The van der Waals surface area contributed by atoms with Crippen molar-refractivity contribution in [1.29, 1.82) is 0 Å². The van der Waals surface area contributed by atoms with Gasteiger partial charge >= 0.3 is 5.97 Å². The standard InChI is InChI=1S/C15H13NO5/c1-9(17)16-10-2-4-11(5-3-10)21-12-6-7-14(18)13(8-12)15(19)20/h2-8,18H,1H3,(H,16,17)(H,19,20). The fourth-order valence-corrected chi connectivity index (χ4v) is 1.70. The molecule has 0 fully saturated rings. The second kappa shape index (κ2) is 5.96. The summed E-state index contributed by atoms with van der Waals surface area (Å²) in [6.07, 6.45) is 0. The quantitative estimate of drug-likeness (QED) is 0.803. The summed E-state index contributed by atoms with van der Waals surface area (Å²) in [5, 5.41) is 21.0. The summed E-state index contributed by atoms with van der Waals surface area (Å²) in [7, 11) is 0. The number of aromatic carboxylic acids is 1. The zero-order valence-electron chi connectivity index (χ0n) is 11.2. The topological polar surface area (TPSA) is 95.9 Å². The van der Waals surface area contributed by atoms with Crippen molar-refractivity contribution in [2.45, 2.75) is 6.92 Å². The van der Waals surface area contributed by atoms with E-state index in [-0.39, 0.29) is 23.0 Å². The Morgan fingerprint density at radius 3 is 2.24 bits per heavy atom. The number of amides is 1. The maximum Gasteiger partial charge on any atom is 0.339 e. The average molecular weight is 287 g/mol. The van der Waals surface area contributed by atoms with Crippen LogP contribution in [0, 0.1) is 0 Å². The number of ether oxygens (including phenoxy) is 1. The largest absolute Gasteiger partial charge is 0.507 e. The number of aromatic hydroxyl groups is 1. The zero-order valence-corrected chi connectivity index (χ0v) is 11.2. The second-order valence-electron chi connectivity index (χ2n) is 4.29. The fraction of sp³-hybridized carbons (Fsp3) is 0.0667. The van der Waals surface area contributed by atoms with E-state index in [1.54, 1.807) is 24.3 Å². The number of carboxylic acids is 1. The number of hydrogen-bond acceptors (Lipinski definition) is 4. The molecule has 6 heteroatoms. The molecular weight excluding hydrogens is 274 g/mol. The Hall–Kier alpha value is -3.02. The van der Waals surface area contributed by atoms with Gasteiger partial charge in [0.15, 0.2) is 0 Å². The molecule has 0 aliphatic carbocycles. The molecule has 21 heavy (non-hydrogen) atoms. The van der Waals surface area contributed by atoms with Gasteiger partial charge in [0.1, 0.15) is 22.8 Å². The van der Waals surface area contributed by atoms with Gasteiger partial charge in [-0.3, -0.25) is 4.79 Å². The number of nitrogens with one attached hydrogen (secondary N) is 1. The molecule has 3 N–H and O–H groups in total. The first-order valence-corrected chi connectivity index (χ1v) is 6.07. The zero-order chi connectivity index (χ0) is 15.4. The van der Waals surface area contributed by atoms with Crippen molar-refractivity contribution >= 4 is 17.6 Å². The van der Waals surface area contributed by atoms with Gasteiger partial charge < -0.3 is 20.3 Å². The van der Waals surface area contributed by atoms with Gasteiger partial charge in [0.05, 0.1) is 0 Å². The third-order valence-electron chi connectivity index (χ3n) is 2.61. The van der Waals surface area contributed by atoms with Crippen molar-refractivity contribution in [3.8, 4) is 17.2 Å². The van der Waals surface area contributed by atoms with Crippen LogP contribution < -0.4 is 10.1 Å². The van der Waals surface area contributed by atoms with Gasteiger partial charge in [-0.15, -0.1) is 0 Å². The maximum atomic E-state index is 10.9. The van der Waals surface area contributed by atoms with Crippen LogP contribution in [0.25, 0.3) is 0 Å². The third kappa shape index (κ3) is 3.73. The lowest BCUT2D eigenvalue weighted by molar-refractivity contribution is -0.114. The van der Waals surface area contributed by atoms with E-state index < -0.39 is 5.97 Å². The van der Waals surface area contributed by atoms with Gasteiger partial charge in [0.2, 0.25) is 5.91 Å². The van der Waals surface area contributed by atoms with Gasteiger partial charge in [-0.2, -0.15) is 0 Å². The molecule has 0 saturated heterocycles. The number of benzene rings is 2. The van der Waals surface area contributed by atoms with Gasteiger partial charge in [-0.1, -0.05) is 0 Å². The van der Waals surface area contributed by atoms with Crippen molar-refractivity contribution in [1.82, 2.24) is 0 Å². The highest BCUT2D eigenvalue weighted by Gasteiger charge is 2.11. The summed E-state index contributed by atoms with van der Waals surface area (Å²) < 4.78 is 5.50. The Labute approximate surface area is 120 Å². The normalized spacial score (nSPS) is 9.95. The number of carboxylic acid groups (broad SMARTS) is 1. The summed E-state index contributed by atoms with van der Waals surface area (Å²) in [6.45, 7) is 1.41. The van der Waals surface area contributed by atoms with E-state index >= 15 is 0 Å². The summed E-state index contributed by atoms with van der Waals surface area (Å²) in [4.78, 5) is 21.8. The summed E-state index contributed by atoms with van der Waals surface area (Å²) >= 11 is 0. The summed E-state index contributed by atoms with van der Waals surface area (Å²) in [6, 6.07) is 10.6. The van der Waals surface area contributed by atoms with Crippen LogP contribution in [0.5, 0.6) is 17.2 Å². The van der Waals surface area contributed by atoms with Gasteiger partial charge in [-0.25, -0.2) is 4.79 Å². The van der Waals surface area contributed by atoms with Crippen LogP contribution in [0.3, 0.4) is 0 Å². The highest BCUT2D eigenvalue weighted by molar-refractivity contribution is 5.91. The molecular formula is C15H13NO5. The number of carbonyl (C=O) groups is 2. The van der Waals surface area contributed by atoms with E-state index in [9.17, 15) is 14.7 Å². The highest BCUT2D eigenvalue weighted by atomic mass is 16.5. The molecule has 2 rings (SSSR count). The van der Waals surface area contributed by atoms with Crippen LogP contribution in [0.4, 0.5) is 5.69 Å². The molecule has 2 aromatic carbocycles. The van der Waals surface area contributed by atoms with Crippen LogP contribution in [0.15, 0.2) is 42.5 Å². The van der Waals surface area contributed by atoms with Crippen LogP contribution >= 0.6 is 0 Å². The van der Waals surface area contributed by atoms with Gasteiger partial charge in [0, 0.05) is 12.6 Å². The van der Waals surface area contributed by atoms with Crippen molar-refractivity contribution in [2.75, 3.05) is 5.32 Å². The first-order chi connectivity index (χ1) is 9.95. The Morgan fingerprint density at radius 1 is 1.05 bits per heavy atom. The number of carbonyl (C=O) groups excluding carboxylic acids is 1. The van der Waals surface area contributed by atoms with Crippen molar-refractivity contribution < 1.29 is 24.5 Å². The van der Waals surface area contributed by atoms with Crippen molar-refractivity contribution in [3.63, 3.8) is 0 Å². The van der Waals surface area contributed by atoms with Crippen molar-refractivity contribution in [2.24, 2.45) is 0 Å². The predicted octanol–water partition coefficient (Wildman–Crippen LogP) is 2.84. The molecule has 2 aromatic rings. The molecule has 0 spiro atoms. The van der Waals surface area contributed by atoms with Gasteiger partial charge in [-0.05, 0) is 42.5 Å². The van der Waals surface area contributed by atoms with Crippen LogP contribution in [0.2, 0.25) is 0 Å². The Kier molecular flexibility index (Phi) is 4.08. The monoisotopic (exact) mass is 287 g/mol. The van der Waals surface area contributed by atoms with E-state index in [2.05, 4.69) is 5.32 Å². The Morgan fingerprint density at radius 2 is 1.67 bits per heavy atom. The van der Waals surface area contributed by atoms with E-state index in [0.29, 0.717) is 11.4 Å². The summed E-state index contributed by atoms with van der Waals surface area (Å²) in [5.74, 6) is -0.966. The molecule has 0 aliphatic heterocycles. The molecule has 0 saturated carbocycles. The second-order valence-corrected chi connectivity index (χ2v) is 4.29. The molecule has 0 bridgehead atoms. The molecule has 1 amide bonds. The lowest BCUT2D eigenvalue weighted by Gasteiger charge is -2.08. The summed E-state index contributed by atoms with van der Waals surface area (Å²) in [5.41, 5.74) is 0.397. The molecule has 0 unspecified atom stereocenters. The average Bonchev–Trinajstić information content (AvgIpc) is 2.42. The minimum absolute atomic E-state index is 0.173. The van der Waals surface area contributed by atoms with Crippen LogP contribution in [-0.2, 0) is 4.79 Å². The minimum atomic E-state index is -1.24.